The summed E-state index contributed by atoms with van der Waals surface area (Å²) in [5.74, 6) is 0.689. The summed E-state index contributed by atoms with van der Waals surface area (Å²) in [6.07, 6.45) is 1.23. The van der Waals surface area contributed by atoms with E-state index in [2.05, 4.69) is 71.8 Å². The Morgan fingerprint density at radius 3 is 2.89 bits per heavy atom. The maximum Gasteiger partial charge on any atom is 0.0407 e. The van der Waals surface area contributed by atoms with Gasteiger partial charge in [-0.2, -0.15) is 0 Å². The molecule has 1 fully saturated rings. The summed E-state index contributed by atoms with van der Waals surface area (Å²) in [4.78, 5) is 2.56. The van der Waals surface area contributed by atoms with Gasteiger partial charge in [0.15, 0.2) is 0 Å². The number of anilines is 1. The molecule has 1 aromatic carbocycles. The maximum atomic E-state index is 3.67. The zero-order chi connectivity index (χ0) is 13.1. The van der Waals surface area contributed by atoms with Crippen molar-refractivity contribution in [3.8, 4) is 0 Å². The minimum atomic E-state index is 0.602. The Kier molecular flexibility index (Phi) is 4.90. The molecule has 1 aliphatic rings. The zero-order valence-corrected chi connectivity index (χ0v) is 13.7. The highest BCUT2D eigenvalue weighted by atomic mass is 127. The first-order valence-corrected chi connectivity index (χ1v) is 7.91. The molecule has 0 saturated carbocycles. The summed E-state index contributed by atoms with van der Waals surface area (Å²) in [6, 6.07) is 7.23. The van der Waals surface area contributed by atoms with Gasteiger partial charge >= 0.3 is 0 Å². The Bertz CT molecular complexity index is 403. The summed E-state index contributed by atoms with van der Waals surface area (Å²) in [7, 11) is 0. The highest BCUT2D eigenvalue weighted by Crippen LogP contribution is 2.26. The maximum absolute atomic E-state index is 3.67. The van der Waals surface area contributed by atoms with E-state index in [1.807, 2.05) is 0 Å². The third-order valence-corrected chi connectivity index (χ3v) is 4.98. The fraction of sp³-hybridized carbons (Fsp3) is 0.600. The molecule has 1 heterocycles. The quantitative estimate of drug-likeness (QED) is 0.815. The molecule has 1 N–H and O–H groups in total. The molecule has 2 nitrogen and oxygen atoms in total. The average Bonchev–Trinajstić information content (AvgIpc) is 2.58. The standard InChI is InChI=1S/C15H23IN2/c1-11(2)14-10-18(9-5-8-17-14)15-7-4-6-13(16)12(15)3/h4,6-7,11,14,17H,5,8-10H2,1-3H3. The van der Waals surface area contributed by atoms with E-state index in [9.17, 15) is 0 Å². The summed E-state index contributed by atoms with van der Waals surface area (Å²) in [5.41, 5.74) is 2.83. The fourth-order valence-corrected chi connectivity index (χ4v) is 3.04. The minimum absolute atomic E-state index is 0.602. The number of halogens is 1. The Hall–Kier alpha value is -0.290. The summed E-state index contributed by atoms with van der Waals surface area (Å²) in [6.45, 7) is 10.3. The number of nitrogens with zero attached hydrogens (tertiary/aromatic N) is 1. The van der Waals surface area contributed by atoms with Crippen LogP contribution in [0.5, 0.6) is 0 Å². The molecular weight excluding hydrogens is 335 g/mol. The molecule has 1 aromatic rings. The van der Waals surface area contributed by atoms with E-state index in [4.69, 9.17) is 0 Å². The van der Waals surface area contributed by atoms with Crippen LogP contribution in [-0.2, 0) is 0 Å². The largest absolute Gasteiger partial charge is 0.370 e. The molecule has 1 aliphatic heterocycles. The van der Waals surface area contributed by atoms with Crippen LogP contribution in [0.15, 0.2) is 18.2 Å². The van der Waals surface area contributed by atoms with Crippen LogP contribution in [0, 0.1) is 16.4 Å². The van der Waals surface area contributed by atoms with Crippen LogP contribution >= 0.6 is 22.6 Å². The highest BCUT2D eigenvalue weighted by Gasteiger charge is 2.21. The molecule has 0 amide bonds. The van der Waals surface area contributed by atoms with E-state index >= 15 is 0 Å². The molecule has 0 bridgehead atoms. The van der Waals surface area contributed by atoms with Crippen molar-refractivity contribution >= 4 is 28.3 Å². The Balaban J connectivity index is 2.22. The number of hydrogen-bond donors (Lipinski definition) is 1. The molecule has 1 saturated heterocycles. The number of benzene rings is 1. The van der Waals surface area contributed by atoms with Crippen molar-refractivity contribution in [3.05, 3.63) is 27.3 Å². The molecule has 3 heteroatoms. The van der Waals surface area contributed by atoms with E-state index in [0.717, 1.165) is 19.6 Å². The van der Waals surface area contributed by atoms with E-state index in [1.165, 1.54) is 21.2 Å². The number of hydrogen-bond acceptors (Lipinski definition) is 2. The number of rotatable bonds is 2. The molecular formula is C15H23IN2. The SMILES string of the molecule is Cc1c(I)cccc1N1CCCNC(C(C)C)C1. The van der Waals surface area contributed by atoms with E-state index in [-0.39, 0.29) is 0 Å². The van der Waals surface area contributed by atoms with Gasteiger partial charge in [0.05, 0.1) is 0 Å². The molecule has 0 aromatic heterocycles. The lowest BCUT2D eigenvalue weighted by molar-refractivity contribution is 0.420. The molecule has 0 aliphatic carbocycles. The van der Waals surface area contributed by atoms with Gasteiger partial charge in [0.25, 0.3) is 0 Å². The molecule has 1 unspecified atom stereocenters. The van der Waals surface area contributed by atoms with Crippen molar-refractivity contribution in [2.75, 3.05) is 24.5 Å². The van der Waals surface area contributed by atoms with Crippen LogP contribution in [0.3, 0.4) is 0 Å². The van der Waals surface area contributed by atoms with Crippen LogP contribution in [0.1, 0.15) is 25.8 Å². The van der Waals surface area contributed by atoms with Crippen molar-refractivity contribution in [3.63, 3.8) is 0 Å². The van der Waals surface area contributed by atoms with Crippen LogP contribution in [-0.4, -0.2) is 25.7 Å². The third kappa shape index (κ3) is 3.18. The van der Waals surface area contributed by atoms with Gasteiger partial charge in [-0.25, -0.2) is 0 Å². The van der Waals surface area contributed by atoms with Gasteiger partial charge in [-0.05, 0) is 66.1 Å². The normalized spacial score (nSPS) is 21.2. The smallest absolute Gasteiger partial charge is 0.0407 e. The van der Waals surface area contributed by atoms with E-state index < -0.39 is 0 Å². The van der Waals surface area contributed by atoms with E-state index in [1.54, 1.807) is 0 Å². The van der Waals surface area contributed by atoms with Gasteiger partial charge < -0.3 is 10.2 Å². The van der Waals surface area contributed by atoms with Crippen molar-refractivity contribution in [2.24, 2.45) is 5.92 Å². The predicted octanol–water partition coefficient (Wildman–Crippen LogP) is 3.42. The molecule has 0 spiro atoms. The molecule has 2 rings (SSSR count). The molecule has 18 heavy (non-hydrogen) atoms. The first-order valence-electron chi connectivity index (χ1n) is 6.83. The highest BCUT2D eigenvalue weighted by molar-refractivity contribution is 14.1. The van der Waals surface area contributed by atoms with Crippen molar-refractivity contribution in [1.82, 2.24) is 5.32 Å². The second kappa shape index (κ2) is 6.24. The lowest BCUT2D eigenvalue weighted by Crippen LogP contribution is -2.41. The lowest BCUT2D eigenvalue weighted by atomic mass is 10.0. The average molecular weight is 358 g/mol. The minimum Gasteiger partial charge on any atom is -0.370 e. The van der Waals surface area contributed by atoms with Gasteiger partial charge in [0.1, 0.15) is 0 Å². The van der Waals surface area contributed by atoms with Crippen LogP contribution < -0.4 is 10.2 Å². The first kappa shape index (κ1) is 14.1. The first-order chi connectivity index (χ1) is 8.59. The fourth-order valence-electron chi connectivity index (χ4n) is 2.55. The monoisotopic (exact) mass is 358 g/mol. The second-order valence-corrected chi connectivity index (χ2v) is 6.65. The van der Waals surface area contributed by atoms with E-state index in [0.29, 0.717) is 12.0 Å². The second-order valence-electron chi connectivity index (χ2n) is 5.49. The lowest BCUT2D eigenvalue weighted by Gasteiger charge is -2.30. The summed E-state index contributed by atoms with van der Waals surface area (Å²) in [5, 5.41) is 3.67. The van der Waals surface area contributed by atoms with Gasteiger partial charge in [-0.1, -0.05) is 19.9 Å². The molecule has 1 atom stereocenters. The summed E-state index contributed by atoms with van der Waals surface area (Å²) >= 11 is 2.43. The van der Waals surface area contributed by atoms with Crippen molar-refractivity contribution in [2.45, 2.75) is 33.2 Å². The van der Waals surface area contributed by atoms with Crippen LogP contribution in [0.2, 0.25) is 0 Å². The number of nitrogens with one attached hydrogen (secondary N) is 1. The Labute approximate surface area is 124 Å². The third-order valence-electron chi connectivity index (χ3n) is 3.81. The topological polar surface area (TPSA) is 15.3 Å². The predicted molar refractivity (Wildman–Crippen MR) is 87.4 cm³/mol. The van der Waals surface area contributed by atoms with Gasteiger partial charge in [-0.3, -0.25) is 0 Å². The Morgan fingerprint density at radius 1 is 1.39 bits per heavy atom. The van der Waals surface area contributed by atoms with Crippen molar-refractivity contribution < 1.29 is 0 Å². The molecule has 0 radical (unpaired) electrons. The Morgan fingerprint density at radius 2 is 2.17 bits per heavy atom. The molecule has 100 valence electrons. The zero-order valence-electron chi connectivity index (χ0n) is 11.5. The van der Waals surface area contributed by atoms with Gasteiger partial charge in [0.2, 0.25) is 0 Å². The van der Waals surface area contributed by atoms with Gasteiger partial charge in [0, 0.05) is 28.4 Å². The summed E-state index contributed by atoms with van der Waals surface area (Å²) < 4.78 is 1.36. The van der Waals surface area contributed by atoms with Crippen LogP contribution in [0.25, 0.3) is 0 Å². The van der Waals surface area contributed by atoms with Crippen molar-refractivity contribution in [1.29, 1.82) is 0 Å². The van der Waals surface area contributed by atoms with Gasteiger partial charge in [-0.15, -0.1) is 0 Å². The van der Waals surface area contributed by atoms with Crippen LogP contribution in [0.4, 0.5) is 5.69 Å².